The topological polar surface area (TPSA) is 15.3 Å². The van der Waals surface area contributed by atoms with Crippen LogP contribution in [-0.4, -0.2) is 30.1 Å². The summed E-state index contributed by atoms with van der Waals surface area (Å²) in [5.41, 5.74) is 0.430. The van der Waals surface area contributed by atoms with Crippen LogP contribution in [0.4, 0.5) is 8.78 Å². The van der Waals surface area contributed by atoms with Gasteiger partial charge < -0.3 is 10.2 Å². The molecule has 2 heterocycles. The average Bonchev–Trinajstić information content (AvgIpc) is 2.42. The number of hydrogen-bond acceptors (Lipinski definition) is 2. The van der Waals surface area contributed by atoms with Gasteiger partial charge in [-0.2, -0.15) is 0 Å². The molecule has 3 rings (SSSR count). The SMILES string of the molecule is CC(NC1CC2CCCC(C1)N2C)c1cc(F)ccc1F. The third-order valence-corrected chi connectivity index (χ3v) is 5.25. The molecule has 2 aliphatic rings. The lowest BCUT2D eigenvalue weighted by Crippen LogP contribution is -2.54. The quantitative estimate of drug-likeness (QED) is 0.916. The number of nitrogens with zero attached hydrogens (tertiary/aromatic N) is 1. The number of benzene rings is 1. The molecule has 3 unspecified atom stereocenters. The van der Waals surface area contributed by atoms with Crippen LogP contribution in [0.5, 0.6) is 0 Å². The molecule has 2 saturated heterocycles. The number of fused-ring (bicyclic) bond motifs is 2. The van der Waals surface area contributed by atoms with E-state index in [0.717, 1.165) is 12.8 Å². The van der Waals surface area contributed by atoms with E-state index in [2.05, 4.69) is 17.3 Å². The van der Waals surface area contributed by atoms with Gasteiger partial charge in [0.2, 0.25) is 0 Å². The molecule has 3 atom stereocenters. The van der Waals surface area contributed by atoms with Crippen molar-refractivity contribution in [3.63, 3.8) is 0 Å². The van der Waals surface area contributed by atoms with Crippen molar-refractivity contribution in [2.75, 3.05) is 7.05 Å². The first-order valence-corrected chi connectivity index (χ1v) is 7.97. The Labute approximate surface area is 125 Å². The van der Waals surface area contributed by atoms with Crippen LogP contribution in [0.1, 0.15) is 50.6 Å². The molecule has 1 N–H and O–H groups in total. The molecule has 0 saturated carbocycles. The Morgan fingerprint density at radius 3 is 2.52 bits per heavy atom. The summed E-state index contributed by atoms with van der Waals surface area (Å²) < 4.78 is 27.2. The second-order valence-corrected chi connectivity index (χ2v) is 6.63. The van der Waals surface area contributed by atoms with Crippen molar-refractivity contribution in [2.24, 2.45) is 0 Å². The van der Waals surface area contributed by atoms with Crippen LogP contribution in [-0.2, 0) is 0 Å². The summed E-state index contributed by atoms with van der Waals surface area (Å²) in [6, 6.07) is 5.21. The van der Waals surface area contributed by atoms with E-state index in [9.17, 15) is 8.78 Å². The van der Waals surface area contributed by atoms with Crippen LogP contribution in [0.2, 0.25) is 0 Å². The summed E-state index contributed by atoms with van der Waals surface area (Å²) in [6.07, 6.45) is 6.05. The van der Waals surface area contributed by atoms with Crippen LogP contribution in [0.3, 0.4) is 0 Å². The van der Waals surface area contributed by atoms with E-state index in [-0.39, 0.29) is 17.7 Å². The van der Waals surface area contributed by atoms with Crippen LogP contribution >= 0.6 is 0 Å². The van der Waals surface area contributed by atoms with Gasteiger partial charge in [0, 0.05) is 29.7 Å². The Bertz CT molecular complexity index is 492. The van der Waals surface area contributed by atoms with Gasteiger partial charge in [0.05, 0.1) is 0 Å². The minimum Gasteiger partial charge on any atom is -0.307 e. The van der Waals surface area contributed by atoms with Gasteiger partial charge in [-0.1, -0.05) is 6.42 Å². The van der Waals surface area contributed by atoms with E-state index in [0.29, 0.717) is 23.7 Å². The first-order chi connectivity index (χ1) is 10.0. The second-order valence-electron chi connectivity index (χ2n) is 6.63. The first-order valence-electron chi connectivity index (χ1n) is 7.97. The predicted octanol–water partition coefficient (Wildman–Crippen LogP) is 3.63. The highest BCUT2D eigenvalue weighted by atomic mass is 19.1. The van der Waals surface area contributed by atoms with Crippen molar-refractivity contribution in [1.29, 1.82) is 0 Å². The molecule has 2 nitrogen and oxygen atoms in total. The smallest absolute Gasteiger partial charge is 0.128 e. The van der Waals surface area contributed by atoms with Gasteiger partial charge in [0.1, 0.15) is 11.6 Å². The second kappa shape index (κ2) is 6.01. The zero-order valence-corrected chi connectivity index (χ0v) is 12.8. The van der Waals surface area contributed by atoms with Gasteiger partial charge in [-0.3, -0.25) is 0 Å². The predicted molar refractivity (Wildman–Crippen MR) is 80.1 cm³/mol. The van der Waals surface area contributed by atoms with Crippen LogP contribution in [0.25, 0.3) is 0 Å². The molecule has 21 heavy (non-hydrogen) atoms. The van der Waals surface area contributed by atoms with Crippen molar-refractivity contribution in [1.82, 2.24) is 10.2 Å². The minimum absolute atomic E-state index is 0.158. The van der Waals surface area contributed by atoms with Gasteiger partial charge in [-0.05, 0) is 57.9 Å². The van der Waals surface area contributed by atoms with Gasteiger partial charge in [-0.15, -0.1) is 0 Å². The Morgan fingerprint density at radius 2 is 1.86 bits per heavy atom. The van der Waals surface area contributed by atoms with Gasteiger partial charge in [0.15, 0.2) is 0 Å². The highest BCUT2D eigenvalue weighted by Crippen LogP contribution is 2.33. The fraction of sp³-hybridized carbons (Fsp3) is 0.647. The summed E-state index contributed by atoms with van der Waals surface area (Å²) in [5, 5.41) is 3.52. The fourth-order valence-corrected chi connectivity index (χ4v) is 4.04. The summed E-state index contributed by atoms with van der Waals surface area (Å²) in [7, 11) is 2.22. The lowest BCUT2D eigenvalue weighted by atomic mass is 9.82. The molecule has 116 valence electrons. The summed E-state index contributed by atoms with van der Waals surface area (Å²) in [5.74, 6) is -0.704. The fourth-order valence-electron chi connectivity index (χ4n) is 4.04. The molecule has 2 fully saturated rings. The third kappa shape index (κ3) is 3.11. The Kier molecular flexibility index (Phi) is 4.27. The van der Waals surface area contributed by atoms with E-state index in [1.54, 1.807) is 0 Å². The molecule has 1 aromatic rings. The van der Waals surface area contributed by atoms with Crippen LogP contribution in [0, 0.1) is 11.6 Å². The maximum absolute atomic E-state index is 13.9. The summed E-state index contributed by atoms with van der Waals surface area (Å²) in [4.78, 5) is 2.51. The van der Waals surface area contributed by atoms with E-state index in [4.69, 9.17) is 0 Å². The van der Waals surface area contributed by atoms with Crippen molar-refractivity contribution >= 4 is 0 Å². The lowest BCUT2D eigenvalue weighted by Gasteiger charge is -2.47. The van der Waals surface area contributed by atoms with Crippen molar-refractivity contribution in [3.8, 4) is 0 Å². The number of nitrogens with one attached hydrogen (secondary N) is 1. The van der Waals surface area contributed by atoms with Crippen molar-refractivity contribution in [3.05, 3.63) is 35.4 Å². The molecular weight excluding hydrogens is 270 g/mol. The first kappa shape index (κ1) is 14.9. The largest absolute Gasteiger partial charge is 0.307 e. The Morgan fingerprint density at radius 1 is 1.19 bits per heavy atom. The van der Waals surface area contributed by atoms with E-state index < -0.39 is 0 Å². The van der Waals surface area contributed by atoms with Crippen molar-refractivity contribution < 1.29 is 8.78 Å². The normalized spacial score (nSPS) is 31.1. The minimum atomic E-state index is -0.375. The third-order valence-electron chi connectivity index (χ3n) is 5.25. The average molecular weight is 294 g/mol. The zero-order valence-electron chi connectivity index (χ0n) is 12.8. The molecule has 2 bridgehead atoms. The zero-order chi connectivity index (χ0) is 15.0. The summed E-state index contributed by atoms with van der Waals surface area (Å²) >= 11 is 0. The highest BCUT2D eigenvalue weighted by molar-refractivity contribution is 5.22. The van der Waals surface area contributed by atoms with E-state index >= 15 is 0 Å². The molecule has 1 aromatic carbocycles. The molecular formula is C17H24F2N2. The number of piperidine rings is 2. The van der Waals surface area contributed by atoms with Gasteiger partial charge >= 0.3 is 0 Å². The van der Waals surface area contributed by atoms with E-state index in [1.165, 1.54) is 37.5 Å². The lowest BCUT2D eigenvalue weighted by molar-refractivity contribution is 0.0462. The number of halogens is 2. The van der Waals surface area contributed by atoms with Gasteiger partial charge in [-0.25, -0.2) is 8.78 Å². The maximum Gasteiger partial charge on any atom is 0.128 e. The molecule has 4 heteroatoms. The molecule has 0 spiro atoms. The molecule has 2 aliphatic heterocycles. The Hall–Kier alpha value is -1.00. The van der Waals surface area contributed by atoms with Crippen LogP contribution in [0.15, 0.2) is 18.2 Å². The van der Waals surface area contributed by atoms with Crippen molar-refractivity contribution in [2.45, 2.75) is 63.2 Å². The number of rotatable bonds is 3. The van der Waals surface area contributed by atoms with Gasteiger partial charge in [0.25, 0.3) is 0 Å². The summed E-state index contributed by atoms with van der Waals surface area (Å²) in [6.45, 7) is 1.92. The number of hydrogen-bond donors (Lipinski definition) is 1. The molecule has 0 amide bonds. The van der Waals surface area contributed by atoms with Crippen LogP contribution < -0.4 is 5.32 Å². The monoisotopic (exact) mass is 294 g/mol. The standard InChI is InChI=1S/C17H24F2N2/c1-11(16-8-12(18)6-7-17(16)19)20-13-9-14-4-3-5-15(10-13)21(14)2/h6-8,11,13-15,20H,3-5,9-10H2,1-2H3. The molecule has 0 aromatic heterocycles. The van der Waals surface area contributed by atoms with E-state index in [1.807, 2.05) is 6.92 Å². The highest BCUT2D eigenvalue weighted by Gasteiger charge is 2.36. The Balaban J connectivity index is 1.68. The maximum atomic E-state index is 13.9. The molecule has 0 radical (unpaired) electrons. The molecule has 0 aliphatic carbocycles.